The average Bonchev–Trinajstić information content (AvgIpc) is 2.89. The quantitative estimate of drug-likeness (QED) is 0.124. The molecule has 7 heteroatoms. The van der Waals surface area contributed by atoms with Crippen molar-refractivity contribution in [2.75, 3.05) is 6.61 Å². The zero-order chi connectivity index (χ0) is 26.7. The van der Waals surface area contributed by atoms with E-state index in [2.05, 4.69) is 16.9 Å². The first-order valence-corrected chi connectivity index (χ1v) is 13.1. The number of hydrogen-bond acceptors (Lipinski definition) is 5. The molecule has 1 heterocycles. The van der Waals surface area contributed by atoms with Gasteiger partial charge in [0.15, 0.2) is 5.82 Å². The Hall–Kier alpha value is -3.35. The van der Waals surface area contributed by atoms with Crippen LogP contribution in [0.4, 0.5) is 8.78 Å². The van der Waals surface area contributed by atoms with Gasteiger partial charge in [0.25, 0.3) is 0 Å². The highest BCUT2D eigenvalue weighted by Gasteiger charge is 2.34. The summed E-state index contributed by atoms with van der Waals surface area (Å²) in [5.41, 5.74) is -0.236. The summed E-state index contributed by atoms with van der Waals surface area (Å²) < 4.78 is 40.2. The van der Waals surface area contributed by atoms with Crippen LogP contribution in [0.3, 0.4) is 0 Å². The van der Waals surface area contributed by atoms with Crippen molar-refractivity contribution < 1.29 is 23.0 Å². The number of carbonyl (C=O) groups is 1. The molecule has 0 N–H and O–H groups in total. The molecule has 198 valence electrons. The lowest BCUT2D eigenvalue weighted by molar-refractivity contribution is -0.147. The van der Waals surface area contributed by atoms with Crippen molar-refractivity contribution in [2.45, 2.75) is 77.8 Å². The van der Waals surface area contributed by atoms with E-state index in [9.17, 15) is 13.6 Å². The first-order valence-electron chi connectivity index (χ1n) is 13.1. The van der Waals surface area contributed by atoms with Gasteiger partial charge in [0.05, 0.1) is 12.2 Å². The number of carbonyl (C=O) groups excluding carboxylic acids is 1. The molecule has 1 atom stereocenters. The minimum absolute atomic E-state index is 0.136. The summed E-state index contributed by atoms with van der Waals surface area (Å²) in [5, 5.41) is 0. The van der Waals surface area contributed by atoms with Gasteiger partial charge in [-0.05, 0) is 56.0 Å². The van der Waals surface area contributed by atoms with E-state index >= 15 is 0 Å². The number of rotatable bonds is 14. The molecular formula is C30H36F2N2O3. The molecule has 37 heavy (non-hydrogen) atoms. The minimum atomic E-state index is -2.02. The van der Waals surface area contributed by atoms with Crippen LogP contribution >= 0.6 is 0 Å². The third kappa shape index (κ3) is 8.34. The van der Waals surface area contributed by atoms with E-state index in [0.717, 1.165) is 37.7 Å². The number of benzene rings is 2. The number of hydrogen-bond donors (Lipinski definition) is 0. The molecule has 2 aromatic carbocycles. The summed E-state index contributed by atoms with van der Waals surface area (Å²) in [6.45, 7) is 6.00. The van der Waals surface area contributed by atoms with Gasteiger partial charge >= 0.3 is 5.97 Å². The summed E-state index contributed by atoms with van der Waals surface area (Å²) in [5.74, 6) is -0.310. The number of ether oxygens (including phenoxy) is 2. The molecule has 0 radical (unpaired) electrons. The van der Waals surface area contributed by atoms with Gasteiger partial charge in [-0.2, -0.15) is 0 Å². The first-order chi connectivity index (χ1) is 17.8. The normalized spacial score (nSPS) is 12.7. The number of alkyl halides is 1. The molecule has 0 bridgehead atoms. The van der Waals surface area contributed by atoms with Crippen LogP contribution in [0.15, 0.2) is 54.9 Å². The number of unbranched alkanes of at least 4 members (excludes halogenated alkanes) is 5. The Morgan fingerprint density at radius 1 is 0.865 bits per heavy atom. The predicted molar refractivity (Wildman–Crippen MR) is 142 cm³/mol. The molecule has 3 aromatic rings. The van der Waals surface area contributed by atoms with Gasteiger partial charge in [-0.1, -0.05) is 58.1 Å². The van der Waals surface area contributed by atoms with E-state index in [1.165, 1.54) is 19.4 Å². The van der Waals surface area contributed by atoms with Gasteiger partial charge in [-0.3, -0.25) is 0 Å². The largest absolute Gasteiger partial charge is 0.493 e. The highest BCUT2D eigenvalue weighted by Crippen LogP contribution is 2.28. The van der Waals surface area contributed by atoms with Gasteiger partial charge in [0, 0.05) is 24.0 Å². The van der Waals surface area contributed by atoms with Crippen LogP contribution in [0, 0.1) is 5.82 Å². The summed E-state index contributed by atoms with van der Waals surface area (Å²) in [6, 6.07) is 11.4. The third-order valence-electron chi connectivity index (χ3n) is 6.17. The molecule has 0 saturated heterocycles. The summed E-state index contributed by atoms with van der Waals surface area (Å²) in [4.78, 5) is 20.9. The molecule has 5 nitrogen and oxygen atoms in total. The molecule has 3 rings (SSSR count). The average molecular weight is 511 g/mol. The minimum Gasteiger partial charge on any atom is -0.493 e. The van der Waals surface area contributed by atoms with Crippen molar-refractivity contribution in [3.63, 3.8) is 0 Å². The Balaban J connectivity index is 1.60. The van der Waals surface area contributed by atoms with E-state index in [4.69, 9.17) is 9.47 Å². The molecule has 0 amide bonds. The second-order valence-electron chi connectivity index (χ2n) is 9.41. The van der Waals surface area contributed by atoms with Crippen LogP contribution in [0.2, 0.25) is 0 Å². The maximum Gasteiger partial charge on any atom is 0.348 e. The maximum atomic E-state index is 14.7. The van der Waals surface area contributed by atoms with Crippen molar-refractivity contribution in [2.24, 2.45) is 0 Å². The Morgan fingerprint density at radius 2 is 1.51 bits per heavy atom. The monoisotopic (exact) mass is 510 g/mol. The lowest BCUT2D eigenvalue weighted by atomic mass is 10.0. The fourth-order valence-corrected chi connectivity index (χ4v) is 3.84. The van der Waals surface area contributed by atoms with Gasteiger partial charge < -0.3 is 9.47 Å². The molecule has 1 aromatic heterocycles. The molecular weight excluding hydrogens is 474 g/mol. The summed E-state index contributed by atoms with van der Waals surface area (Å²) in [7, 11) is 0. The maximum absolute atomic E-state index is 14.7. The van der Waals surface area contributed by atoms with Crippen LogP contribution in [-0.2, 0) is 4.79 Å². The molecule has 0 aliphatic carbocycles. The number of halogens is 2. The van der Waals surface area contributed by atoms with Gasteiger partial charge in [0.2, 0.25) is 5.67 Å². The highest BCUT2D eigenvalue weighted by molar-refractivity contribution is 5.81. The number of esters is 1. The Bertz CT molecular complexity index is 1130. The summed E-state index contributed by atoms with van der Waals surface area (Å²) >= 11 is 0. The SMILES string of the molecule is CCCCCCOc1ccc(-c2ncc(-c3ccc(OC(=O)[C@@](C)(F)CCCCC)cc3)cn2)c(F)c1. The zero-order valence-electron chi connectivity index (χ0n) is 21.9. The highest BCUT2D eigenvalue weighted by atomic mass is 19.1. The number of nitrogens with zero attached hydrogens (tertiary/aromatic N) is 2. The van der Waals surface area contributed by atoms with Crippen LogP contribution in [-0.4, -0.2) is 28.2 Å². The van der Waals surface area contributed by atoms with Crippen LogP contribution in [0.25, 0.3) is 22.5 Å². The second-order valence-corrected chi connectivity index (χ2v) is 9.41. The standard InChI is InChI=1S/C30H36F2N2O3/c1-4-6-8-10-18-36-25-15-16-26(27(31)19-25)28-33-20-23(21-34-28)22-11-13-24(14-12-22)37-29(35)30(3,32)17-9-7-5-2/h11-16,19-21H,4-10,17-18H2,1-3H3/t30-/m0/s1. The summed E-state index contributed by atoms with van der Waals surface area (Å²) in [6.07, 6.45) is 10.2. The predicted octanol–water partition coefficient (Wildman–Crippen LogP) is 8.12. The van der Waals surface area contributed by atoms with Crippen molar-refractivity contribution in [3.05, 3.63) is 60.7 Å². The smallest absolute Gasteiger partial charge is 0.348 e. The van der Waals surface area contributed by atoms with Crippen molar-refractivity contribution in [1.82, 2.24) is 9.97 Å². The van der Waals surface area contributed by atoms with Crippen LogP contribution < -0.4 is 9.47 Å². The molecule has 0 saturated carbocycles. The second kappa shape index (κ2) is 13.8. The van der Waals surface area contributed by atoms with E-state index in [1.54, 1.807) is 48.8 Å². The van der Waals surface area contributed by atoms with E-state index < -0.39 is 17.5 Å². The topological polar surface area (TPSA) is 61.3 Å². The van der Waals surface area contributed by atoms with Crippen LogP contribution in [0.5, 0.6) is 11.5 Å². The Labute approximate surface area is 218 Å². The number of aromatic nitrogens is 2. The van der Waals surface area contributed by atoms with Crippen molar-refractivity contribution in [1.29, 1.82) is 0 Å². The molecule has 0 fully saturated rings. The Kier molecular flexibility index (Phi) is 10.5. The first kappa shape index (κ1) is 28.2. The van der Waals surface area contributed by atoms with Gasteiger partial charge in [-0.25, -0.2) is 23.5 Å². The molecule has 0 spiro atoms. The van der Waals surface area contributed by atoms with E-state index in [-0.39, 0.29) is 18.0 Å². The third-order valence-corrected chi connectivity index (χ3v) is 6.17. The van der Waals surface area contributed by atoms with Gasteiger partial charge in [-0.15, -0.1) is 0 Å². The fourth-order valence-electron chi connectivity index (χ4n) is 3.84. The van der Waals surface area contributed by atoms with Crippen molar-refractivity contribution >= 4 is 5.97 Å². The molecule has 0 aliphatic heterocycles. The zero-order valence-corrected chi connectivity index (χ0v) is 21.9. The lowest BCUT2D eigenvalue weighted by Gasteiger charge is -2.18. The molecule has 0 unspecified atom stereocenters. The fraction of sp³-hybridized carbons (Fsp3) is 0.433. The Morgan fingerprint density at radius 3 is 2.16 bits per heavy atom. The van der Waals surface area contributed by atoms with Crippen molar-refractivity contribution in [3.8, 4) is 34.0 Å². The molecule has 0 aliphatic rings. The van der Waals surface area contributed by atoms with Gasteiger partial charge in [0.1, 0.15) is 17.3 Å². The van der Waals surface area contributed by atoms with E-state index in [1.807, 2.05) is 6.92 Å². The van der Waals surface area contributed by atoms with E-state index in [0.29, 0.717) is 29.9 Å². The lowest BCUT2D eigenvalue weighted by Crippen LogP contribution is -2.34. The van der Waals surface area contributed by atoms with Crippen LogP contribution in [0.1, 0.15) is 72.1 Å².